The summed E-state index contributed by atoms with van der Waals surface area (Å²) >= 11 is 0. The molecule has 6 heteroatoms. The molecular weight excluding hydrogens is 314 g/mol. The molecule has 4 nitrogen and oxygen atoms in total. The second-order valence-electron chi connectivity index (χ2n) is 5.76. The Kier molecular flexibility index (Phi) is 4.55. The molecule has 0 spiro atoms. The molecule has 2 amide bonds. The fraction of sp³-hybridized carbons (Fsp3) is 0.222. The van der Waals surface area contributed by atoms with E-state index in [4.69, 9.17) is 0 Å². The third kappa shape index (κ3) is 3.59. The number of benzene rings is 2. The first-order valence-corrected chi connectivity index (χ1v) is 7.60. The van der Waals surface area contributed by atoms with Gasteiger partial charge < -0.3 is 10.2 Å². The van der Waals surface area contributed by atoms with Crippen LogP contribution in [0.5, 0.6) is 0 Å². The second-order valence-corrected chi connectivity index (χ2v) is 5.76. The molecule has 0 saturated carbocycles. The van der Waals surface area contributed by atoms with E-state index in [9.17, 15) is 18.4 Å². The molecule has 1 aliphatic rings. The van der Waals surface area contributed by atoms with E-state index >= 15 is 0 Å². The van der Waals surface area contributed by atoms with Gasteiger partial charge in [0.25, 0.3) is 5.91 Å². The number of carbonyl (C=O) groups is 2. The topological polar surface area (TPSA) is 49.4 Å². The number of halogens is 2. The zero-order valence-electron chi connectivity index (χ0n) is 12.8. The number of amides is 2. The SMILES string of the molecule is O=C(N[C@@H]1CC(=O)N(Cc2ccccc2)C1)c1ccc(F)cc1F. The first kappa shape index (κ1) is 16.1. The molecule has 0 radical (unpaired) electrons. The van der Waals surface area contributed by atoms with Gasteiger partial charge in [0, 0.05) is 25.6 Å². The summed E-state index contributed by atoms with van der Waals surface area (Å²) in [6.07, 6.45) is 0.168. The zero-order valence-corrected chi connectivity index (χ0v) is 12.8. The Labute approximate surface area is 138 Å². The summed E-state index contributed by atoms with van der Waals surface area (Å²) in [4.78, 5) is 25.8. The van der Waals surface area contributed by atoms with Crippen LogP contribution in [0.4, 0.5) is 8.78 Å². The average molecular weight is 330 g/mol. The predicted molar refractivity (Wildman–Crippen MR) is 84.1 cm³/mol. The van der Waals surface area contributed by atoms with E-state index in [-0.39, 0.29) is 17.9 Å². The number of nitrogens with zero attached hydrogens (tertiary/aromatic N) is 1. The maximum atomic E-state index is 13.6. The minimum absolute atomic E-state index is 0.0660. The van der Waals surface area contributed by atoms with Crippen LogP contribution in [0.15, 0.2) is 48.5 Å². The van der Waals surface area contributed by atoms with Crippen molar-refractivity contribution in [2.75, 3.05) is 6.54 Å². The molecule has 1 heterocycles. The van der Waals surface area contributed by atoms with Crippen LogP contribution in [0.25, 0.3) is 0 Å². The van der Waals surface area contributed by atoms with E-state index < -0.39 is 23.6 Å². The number of rotatable bonds is 4. The van der Waals surface area contributed by atoms with Crippen molar-refractivity contribution < 1.29 is 18.4 Å². The van der Waals surface area contributed by atoms with Gasteiger partial charge in [-0.05, 0) is 17.7 Å². The minimum Gasteiger partial charge on any atom is -0.347 e. The van der Waals surface area contributed by atoms with Gasteiger partial charge in [-0.25, -0.2) is 8.78 Å². The van der Waals surface area contributed by atoms with Gasteiger partial charge in [0.2, 0.25) is 5.91 Å². The summed E-state index contributed by atoms with van der Waals surface area (Å²) in [6.45, 7) is 0.833. The highest BCUT2D eigenvalue weighted by Gasteiger charge is 2.31. The van der Waals surface area contributed by atoms with Gasteiger partial charge in [-0.1, -0.05) is 30.3 Å². The Morgan fingerprint density at radius 2 is 1.92 bits per heavy atom. The molecule has 0 unspecified atom stereocenters. The summed E-state index contributed by atoms with van der Waals surface area (Å²) in [5.74, 6) is -2.37. The Balaban J connectivity index is 1.62. The third-order valence-electron chi connectivity index (χ3n) is 3.94. The van der Waals surface area contributed by atoms with Crippen LogP contribution in [-0.4, -0.2) is 29.3 Å². The maximum Gasteiger partial charge on any atom is 0.254 e. The van der Waals surface area contributed by atoms with Gasteiger partial charge in [-0.3, -0.25) is 9.59 Å². The van der Waals surface area contributed by atoms with Gasteiger partial charge in [-0.2, -0.15) is 0 Å². The van der Waals surface area contributed by atoms with E-state index in [0.29, 0.717) is 19.2 Å². The summed E-state index contributed by atoms with van der Waals surface area (Å²) in [6, 6.07) is 11.9. The number of hydrogen-bond acceptors (Lipinski definition) is 2. The van der Waals surface area contributed by atoms with Gasteiger partial charge in [-0.15, -0.1) is 0 Å². The lowest BCUT2D eigenvalue weighted by Gasteiger charge is -2.17. The van der Waals surface area contributed by atoms with Crippen molar-refractivity contribution in [1.29, 1.82) is 0 Å². The molecule has 3 rings (SSSR count). The van der Waals surface area contributed by atoms with Gasteiger partial charge in [0.15, 0.2) is 0 Å². The Hall–Kier alpha value is -2.76. The van der Waals surface area contributed by atoms with Crippen molar-refractivity contribution >= 4 is 11.8 Å². The van der Waals surface area contributed by atoms with Crippen molar-refractivity contribution in [2.24, 2.45) is 0 Å². The van der Waals surface area contributed by atoms with Crippen LogP contribution >= 0.6 is 0 Å². The van der Waals surface area contributed by atoms with Crippen molar-refractivity contribution in [3.05, 3.63) is 71.3 Å². The van der Waals surface area contributed by atoms with Crippen molar-refractivity contribution in [1.82, 2.24) is 10.2 Å². The Bertz CT molecular complexity index is 765. The number of hydrogen-bond donors (Lipinski definition) is 1. The molecule has 1 atom stereocenters. The first-order chi connectivity index (χ1) is 11.5. The van der Waals surface area contributed by atoms with Gasteiger partial charge in [0.05, 0.1) is 11.6 Å². The van der Waals surface area contributed by atoms with Crippen LogP contribution in [0.2, 0.25) is 0 Å². The largest absolute Gasteiger partial charge is 0.347 e. The van der Waals surface area contributed by atoms with Crippen LogP contribution in [0, 0.1) is 11.6 Å². The molecule has 124 valence electrons. The highest BCUT2D eigenvalue weighted by molar-refractivity contribution is 5.95. The van der Waals surface area contributed by atoms with Crippen molar-refractivity contribution in [3.63, 3.8) is 0 Å². The molecule has 2 aromatic carbocycles. The quantitative estimate of drug-likeness (QED) is 0.936. The van der Waals surface area contributed by atoms with Gasteiger partial charge in [0.1, 0.15) is 11.6 Å². The lowest BCUT2D eigenvalue weighted by Crippen LogP contribution is -2.37. The number of likely N-dealkylation sites (tertiary alicyclic amines) is 1. The minimum atomic E-state index is -0.919. The highest BCUT2D eigenvalue weighted by atomic mass is 19.1. The molecule has 0 aromatic heterocycles. The maximum absolute atomic E-state index is 13.6. The lowest BCUT2D eigenvalue weighted by molar-refractivity contribution is -0.128. The molecule has 0 aliphatic carbocycles. The molecule has 1 fully saturated rings. The standard InChI is InChI=1S/C18H16F2N2O2/c19-13-6-7-15(16(20)8-13)18(24)21-14-9-17(23)22(11-14)10-12-4-2-1-3-5-12/h1-8,14H,9-11H2,(H,21,24)/t14-/m1/s1. The Morgan fingerprint density at radius 1 is 1.17 bits per heavy atom. The summed E-state index contributed by atoms with van der Waals surface area (Å²) in [5, 5.41) is 2.64. The van der Waals surface area contributed by atoms with E-state index in [2.05, 4.69) is 5.32 Å². The zero-order chi connectivity index (χ0) is 17.1. The average Bonchev–Trinajstić information content (AvgIpc) is 2.87. The molecule has 1 saturated heterocycles. The fourth-order valence-electron chi connectivity index (χ4n) is 2.76. The van der Waals surface area contributed by atoms with Crippen molar-refractivity contribution in [3.8, 4) is 0 Å². The summed E-state index contributed by atoms with van der Waals surface area (Å²) < 4.78 is 26.5. The summed E-state index contributed by atoms with van der Waals surface area (Å²) in [7, 11) is 0. The van der Waals surface area contributed by atoms with Crippen LogP contribution in [0.1, 0.15) is 22.3 Å². The van der Waals surface area contributed by atoms with Crippen LogP contribution in [0.3, 0.4) is 0 Å². The lowest BCUT2D eigenvalue weighted by atomic mass is 10.1. The molecule has 0 bridgehead atoms. The predicted octanol–water partition coefficient (Wildman–Crippen LogP) is 2.50. The Morgan fingerprint density at radius 3 is 2.62 bits per heavy atom. The normalized spacial score (nSPS) is 17.2. The first-order valence-electron chi connectivity index (χ1n) is 7.60. The molecular formula is C18H16F2N2O2. The monoisotopic (exact) mass is 330 g/mol. The van der Waals surface area contributed by atoms with Crippen molar-refractivity contribution in [2.45, 2.75) is 19.0 Å². The third-order valence-corrected chi connectivity index (χ3v) is 3.94. The van der Waals surface area contributed by atoms with E-state index in [0.717, 1.165) is 17.7 Å². The summed E-state index contributed by atoms with van der Waals surface area (Å²) in [5.41, 5.74) is 0.771. The number of carbonyl (C=O) groups excluding carboxylic acids is 2. The molecule has 1 aliphatic heterocycles. The number of nitrogens with one attached hydrogen (secondary N) is 1. The van der Waals surface area contributed by atoms with E-state index in [1.54, 1.807) is 4.90 Å². The molecule has 1 N–H and O–H groups in total. The smallest absolute Gasteiger partial charge is 0.254 e. The molecule has 24 heavy (non-hydrogen) atoms. The van der Waals surface area contributed by atoms with Gasteiger partial charge >= 0.3 is 0 Å². The van der Waals surface area contributed by atoms with Crippen LogP contribution in [-0.2, 0) is 11.3 Å². The molecule has 2 aromatic rings. The van der Waals surface area contributed by atoms with E-state index in [1.165, 1.54) is 0 Å². The van der Waals surface area contributed by atoms with E-state index in [1.807, 2.05) is 30.3 Å². The second kappa shape index (κ2) is 6.78. The highest BCUT2D eigenvalue weighted by Crippen LogP contribution is 2.16. The van der Waals surface area contributed by atoms with Crippen LogP contribution < -0.4 is 5.32 Å². The fourth-order valence-corrected chi connectivity index (χ4v) is 2.76.